The first kappa shape index (κ1) is 12.6. The lowest BCUT2D eigenvalue weighted by molar-refractivity contribution is 0.374. The Bertz CT molecular complexity index is 370. The minimum Gasteiger partial charge on any atom is -0.319 e. The standard InChI is InChI=1S/C16H25N/c1-12-7-8-13(2)16(9-12)10-14-5-4-6-15(14)11-17-3/h7-9,14-15,17H,4-6,10-11H2,1-3H3. The topological polar surface area (TPSA) is 12.0 Å². The molecule has 2 unspecified atom stereocenters. The van der Waals surface area contributed by atoms with Crippen LogP contribution in [0.1, 0.15) is 36.0 Å². The highest BCUT2D eigenvalue weighted by Gasteiger charge is 2.26. The molecule has 1 nitrogen and oxygen atoms in total. The van der Waals surface area contributed by atoms with Gasteiger partial charge in [-0.1, -0.05) is 30.2 Å². The van der Waals surface area contributed by atoms with E-state index in [1.54, 1.807) is 5.56 Å². The molecule has 0 aromatic heterocycles. The monoisotopic (exact) mass is 231 g/mol. The number of nitrogens with one attached hydrogen (secondary N) is 1. The summed E-state index contributed by atoms with van der Waals surface area (Å²) < 4.78 is 0. The van der Waals surface area contributed by atoms with Crippen LogP contribution in [0.4, 0.5) is 0 Å². The van der Waals surface area contributed by atoms with Gasteiger partial charge in [-0.3, -0.25) is 0 Å². The number of aryl methyl sites for hydroxylation is 2. The van der Waals surface area contributed by atoms with E-state index >= 15 is 0 Å². The fourth-order valence-corrected chi connectivity index (χ4v) is 3.22. The van der Waals surface area contributed by atoms with Gasteiger partial charge in [0.15, 0.2) is 0 Å². The van der Waals surface area contributed by atoms with Crippen molar-refractivity contribution < 1.29 is 0 Å². The summed E-state index contributed by atoms with van der Waals surface area (Å²) in [5.41, 5.74) is 4.43. The zero-order valence-corrected chi connectivity index (χ0v) is 11.4. The molecule has 1 aliphatic carbocycles. The van der Waals surface area contributed by atoms with Crippen molar-refractivity contribution in [3.63, 3.8) is 0 Å². The van der Waals surface area contributed by atoms with Gasteiger partial charge < -0.3 is 5.32 Å². The van der Waals surface area contributed by atoms with Gasteiger partial charge in [0, 0.05) is 0 Å². The zero-order valence-electron chi connectivity index (χ0n) is 11.4. The molecule has 1 heteroatoms. The number of benzene rings is 1. The molecule has 1 fully saturated rings. The molecule has 94 valence electrons. The lowest BCUT2D eigenvalue weighted by atomic mass is 9.87. The van der Waals surface area contributed by atoms with Crippen molar-refractivity contribution in [2.75, 3.05) is 13.6 Å². The van der Waals surface area contributed by atoms with Gasteiger partial charge in [0.25, 0.3) is 0 Å². The van der Waals surface area contributed by atoms with Gasteiger partial charge in [-0.05, 0) is 69.7 Å². The molecule has 2 rings (SSSR count). The molecule has 1 aromatic carbocycles. The lowest BCUT2D eigenvalue weighted by Gasteiger charge is -2.20. The van der Waals surface area contributed by atoms with E-state index in [0.29, 0.717) is 0 Å². The fraction of sp³-hybridized carbons (Fsp3) is 0.625. The Balaban J connectivity index is 2.06. The predicted octanol–water partition coefficient (Wildman–Crippen LogP) is 3.48. The number of rotatable bonds is 4. The molecule has 2 atom stereocenters. The molecular formula is C16H25N. The van der Waals surface area contributed by atoms with E-state index in [0.717, 1.165) is 11.8 Å². The average molecular weight is 231 g/mol. The van der Waals surface area contributed by atoms with Gasteiger partial charge in [-0.15, -0.1) is 0 Å². The van der Waals surface area contributed by atoms with Crippen LogP contribution in [0.25, 0.3) is 0 Å². The second-order valence-corrected chi connectivity index (χ2v) is 5.64. The van der Waals surface area contributed by atoms with Crippen LogP contribution < -0.4 is 5.32 Å². The smallest absolute Gasteiger partial charge is 0.00208 e. The second-order valence-electron chi connectivity index (χ2n) is 5.64. The van der Waals surface area contributed by atoms with Crippen LogP contribution in [-0.4, -0.2) is 13.6 Å². The second kappa shape index (κ2) is 5.68. The van der Waals surface area contributed by atoms with Gasteiger partial charge in [-0.2, -0.15) is 0 Å². The molecule has 1 N–H and O–H groups in total. The highest BCUT2D eigenvalue weighted by Crippen LogP contribution is 2.34. The van der Waals surface area contributed by atoms with Crippen LogP contribution >= 0.6 is 0 Å². The van der Waals surface area contributed by atoms with Gasteiger partial charge in [0.1, 0.15) is 0 Å². The molecule has 0 radical (unpaired) electrons. The van der Waals surface area contributed by atoms with Crippen molar-refractivity contribution in [2.24, 2.45) is 11.8 Å². The molecule has 0 aliphatic heterocycles. The van der Waals surface area contributed by atoms with Crippen molar-refractivity contribution in [3.8, 4) is 0 Å². The Morgan fingerprint density at radius 2 is 1.94 bits per heavy atom. The molecule has 1 aliphatic rings. The van der Waals surface area contributed by atoms with Gasteiger partial charge in [-0.25, -0.2) is 0 Å². The maximum Gasteiger partial charge on any atom is -0.00208 e. The molecule has 1 saturated carbocycles. The van der Waals surface area contributed by atoms with E-state index in [2.05, 4.69) is 44.4 Å². The van der Waals surface area contributed by atoms with Crippen LogP contribution in [0.15, 0.2) is 18.2 Å². The van der Waals surface area contributed by atoms with E-state index in [1.165, 1.54) is 43.4 Å². The van der Waals surface area contributed by atoms with Crippen LogP contribution in [-0.2, 0) is 6.42 Å². The van der Waals surface area contributed by atoms with Gasteiger partial charge in [0.05, 0.1) is 0 Å². The summed E-state index contributed by atoms with van der Waals surface area (Å²) >= 11 is 0. The molecule has 0 saturated heterocycles. The first-order valence-corrected chi connectivity index (χ1v) is 6.91. The van der Waals surface area contributed by atoms with Crippen molar-refractivity contribution in [2.45, 2.75) is 39.5 Å². The van der Waals surface area contributed by atoms with E-state index in [4.69, 9.17) is 0 Å². The van der Waals surface area contributed by atoms with Crippen molar-refractivity contribution in [1.29, 1.82) is 0 Å². The summed E-state index contributed by atoms with van der Waals surface area (Å²) in [6, 6.07) is 6.87. The molecule has 0 spiro atoms. The van der Waals surface area contributed by atoms with Gasteiger partial charge >= 0.3 is 0 Å². The highest BCUT2D eigenvalue weighted by molar-refractivity contribution is 5.31. The molecule has 0 amide bonds. The SMILES string of the molecule is CNCC1CCCC1Cc1cc(C)ccc1C. The predicted molar refractivity (Wildman–Crippen MR) is 74.4 cm³/mol. The molecule has 0 bridgehead atoms. The summed E-state index contributed by atoms with van der Waals surface area (Å²) in [6.07, 6.45) is 5.53. The van der Waals surface area contributed by atoms with Crippen molar-refractivity contribution in [3.05, 3.63) is 34.9 Å². The van der Waals surface area contributed by atoms with Crippen LogP contribution in [0, 0.1) is 25.7 Å². The van der Waals surface area contributed by atoms with Crippen molar-refractivity contribution in [1.82, 2.24) is 5.32 Å². The molecular weight excluding hydrogens is 206 g/mol. The molecule has 17 heavy (non-hydrogen) atoms. The van der Waals surface area contributed by atoms with E-state index in [1.807, 2.05) is 0 Å². The van der Waals surface area contributed by atoms with Crippen LogP contribution in [0.2, 0.25) is 0 Å². The summed E-state index contributed by atoms with van der Waals surface area (Å²) in [6.45, 7) is 5.63. The van der Waals surface area contributed by atoms with E-state index in [-0.39, 0.29) is 0 Å². The Hall–Kier alpha value is -0.820. The Kier molecular flexibility index (Phi) is 4.22. The molecule has 1 aromatic rings. The normalized spacial score (nSPS) is 24.2. The Labute approximate surface area is 106 Å². The maximum atomic E-state index is 3.35. The lowest BCUT2D eigenvalue weighted by Crippen LogP contribution is -2.23. The number of hydrogen-bond acceptors (Lipinski definition) is 1. The third kappa shape index (κ3) is 3.10. The minimum atomic E-state index is 0.889. The summed E-state index contributed by atoms with van der Waals surface area (Å²) in [5.74, 6) is 1.78. The Morgan fingerprint density at radius 3 is 2.71 bits per heavy atom. The van der Waals surface area contributed by atoms with Crippen LogP contribution in [0.5, 0.6) is 0 Å². The summed E-state index contributed by atoms with van der Waals surface area (Å²) in [5, 5.41) is 3.35. The third-order valence-corrected chi connectivity index (χ3v) is 4.27. The third-order valence-electron chi connectivity index (χ3n) is 4.27. The summed E-state index contributed by atoms with van der Waals surface area (Å²) in [4.78, 5) is 0. The first-order chi connectivity index (χ1) is 8.20. The highest BCUT2D eigenvalue weighted by atomic mass is 14.8. The maximum absolute atomic E-state index is 3.35. The van der Waals surface area contributed by atoms with Crippen LogP contribution in [0.3, 0.4) is 0 Å². The minimum absolute atomic E-state index is 0.889. The first-order valence-electron chi connectivity index (χ1n) is 6.91. The summed E-state index contributed by atoms with van der Waals surface area (Å²) in [7, 11) is 2.08. The van der Waals surface area contributed by atoms with E-state index in [9.17, 15) is 0 Å². The molecule has 0 heterocycles. The fourth-order valence-electron chi connectivity index (χ4n) is 3.22. The zero-order chi connectivity index (χ0) is 12.3. The largest absolute Gasteiger partial charge is 0.319 e. The quantitative estimate of drug-likeness (QED) is 0.836. The number of hydrogen-bond donors (Lipinski definition) is 1. The average Bonchev–Trinajstić information content (AvgIpc) is 2.72. The van der Waals surface area contributed by atoms with Gasteiger partial charge in [0.2, 0.25) is 0 Å². The van der Waals surface area contributed by atoms with Crippen molar-refractivity contribution >= 4 is 0 Å². The Morgan fingerprint density at radius 1 is 1.18 bits per heavy atom. The van der Waals surface area contributed by atoms with E-state index < -0.39 is 0 Å².